The van der Waals surface area contributed by atoms with Crippen molar-refractivity contribution in [2.45, 2.75) is 20.3 Å². The zero-order valence-corrected chi connectivity index (χ0v) is 12.4. The number of rotatable bonds is 5. The van der Waals surface area contributed by atoms with Crippen LogP contribution in [0, 0.1) is 13.8 Å². The highest BCUT2D eigenvalue weighted by Gasteiger charge is 2.05. The molecular formula is C17H21N3O. The zero-order valence-electron chi connectivity index (χ0n) is 12.4. The molecule has 0 aromatic heterocycles. The summed E-state index contributed by atoms with van der Waals surface area (Å²) >= 11 is 0. The van der Waals surface area contributed by atoms with Crippen LogP contribution in [0.5, 0.6) is 0 Å². The third-order valence-corrected chi connectivity index (χ3v) is 3.36. The summed E-state index contributed by atoms with van der Waals surface area (Å²) in [6.07, 6.45) is 0.498. The number of benzene rings is 2. The van der Waals surface area contributed by atoms with Crippen molar-refractivity contribution in [1.29, 1.82) is 0 Å². The minimum absolute atomic E-state index is 0.229. The van der Waals surface area contributed by atoms with Gasteiger partial charge in [-0.25, -0.2) is 0 Å². The number of oxime groups is 1. The predicted octanol–water partition coefficient (Wildman–Crippen LogP) is 3.52. The molecule has 4 heteroatoms. The molecule has 2 rings (SSSR count). The summed E-state index contributed by atoms with van der Waals surface area (Å²) in [5, 5.41) is 14.9. The van der Waals surface area contributed by atoms with Gasteiger partial charge in [0.2, 0.25) is 0 Å². The third-order valence-electron chi connectivity index (χ3n) is 3.36. The van der Waals surface area contributed by atoms with Gasteiger partial charge >= 0.3 is 0 Å². The molecule has 0 spiro atoms. The summed E-state index contributed by atoms with van der Waals surface area (Å²) in [6.45, 7) is 4.76. The van der Waals surface area contributed by atoms with Crippen molar-refractivity contribution >= 4 is 11.5 Å². The Balaban J connectivity index is 2.23. The summed E-state index contributed by atoms with van der Waals surface area (Å²) in [5.74, 6) is 0.229. The number of nitrogens with two attached hydrogens (primary N) is 1. The van der Waals surface area contributed by atoms with Crippen molar-refractivity contribution in [3.8, 4) is 11.1 Å². The number of anilines is 1. The normalized spacial score (nSPS) is 11.4. The van der Waals surface area contributed by atoms with Crippen molar-refractivity contribution in [1.82, 2.24) is 0 Å². The molecule has 2 aromatic carbocycles. The highest BCUT2D eigenvalue weighted by atomic mass is 16.4. The lowest BCUT2D eigenvalue weighted by Crippen LogP contribution is -2.16. The molecule has 21 heavy (non-hydrogen) atoms. The standard InChI is InChI=1S/C17H21N3O/c1-12-3-6-14(7-4-12)15-8-5-13(2)11-16(15)19-10-9-17(18)20-21/h3-8,11,19,21H,9-10H2,1-2H3,(H2,18,20). The number of hydrogen-bond donors (Lipinski definition) is 3. The van der Waals surface area contributed by atoms with E-state index in [0.717, 1.165) is 11.3 Å². The molecule has 0 bridgehead atoms. The van der Waals surface area contributed by atoms with E-state index in [-0.39, 0.29) is 5.84 Å². The van der Waals surface area contributed by atoms with Crippen molar-refractivity contribution in [3.63, 3.8) is 0 Å². The minimum Gasteiger partial charge on any atom is -0.409 e. The Hall–Kier alpha value is -2.49. The fourth-order valence-corrected chi connectivity index (χ4v) is 2.16. The molecule has 4 nitrogen and oxygen atoms in total. The Labute approximate surface area is 125 Å². The summed E-state index contributed by atoms with van der Waals surface area (Å²) in [6, 6.07) is 14.8. The van der Waals surface area contributed by atoms with Crippen LogP contribution in [-0.2, 0) is 0 Å². The lowest BCUT2D eigenvalue weighted by Gasteiger charge is -2.13. The van der Waals surface area contributed by atoms with Crippen LogP contribution in [0.25, 0.3) is 11.1 Å². The van der Waals surface area contributed by atoms with Crippen LogP contribution in [0.1, 0.15) is 17.5 Å². The molecule has 0 saturated heterocycles. The molecule has 0 amide bonds. The molecule has 0 fully saturated rings. The van der Waals surface area contributed by atoms with Gasteiger partial charge in [-0.3, -0.25) is 0 Å². The Bertz CT molecular complexity index is 633. The van der Waals surface area contributed by atoms with E-state index in [0.29, 0.717) is 13.0 Å². The van der Waals surface area contributed by atoms with Crippen LogP contribution in [0.3, 0.4) is 0 Å². The summed E-state index contributed by atoms with van der Waals surface area (Å²) in [4.78, 5) is 0. The molecule has 0 heterocycles. The second-order valence-corrected chi connectivity index (χ2v) is 5.18. The summed E-state index contributed by atoms with van der Waals surface area (Å²) in [7, 11) is 0. The maximum Gasteiger partial charge on any atom is 0.140 e. The molecule has 0 aliphatic heterocycles. The van der Waals surface area contributed by atoms with E-state index in [9.17, 15) is 0 Å². The Morgan fingerprint density at radius 2 is 1.76 bits per heavy atom. The minimum atomic E-state index is 0.229. The van der Waals surface area contributed by atoms with Gasteiger partial charge in [-0.2, -0.15) is 0 Å². The zero-order chi connectivity index (χ0) is 15.2. The monoisotopic (exact) mass is 283 g/mol. The topological polar surface area (TPSA) is 70.6 Å². The van der Waals surface area contributed by atoms with Gasteiger partial charge in [0.1, 0.15) is 5.84 Å². The predicted molar refractivity (Wildman–Crippen MR) is 87.9 cm³/mol. The average molecular weight is 283 g/mol. The molecule has 110 valence electrons. The van der Waals surface area contributed by atoms with Crippen LogP contribution in [0.15, 0.2) is 47.6 Å². The van der Waals surface area contributed by atoms with Gasteiger partial charge < -0.3 is 16.3 Å². The van der Waals surface area contributed by atoms with E-state index in [1.807, 2.05) is 0 Å². The van der Waals surface area contributed by atoms with Crippen LogP contribution < -0.4 is 11.1 Å². The van der Waals surface area contributed by atoms with Gasteiger partial charge in [0.25, 0.3) is 0 Å². The first kappa shape index (κ1) is 14.9. The van der Waals surface area contributed by atoms with Crippen LogP contribution >= 0.6 is 0 Å². The Morgan fingerprint density at radius 3 is 2.43 bits per heavy atom. The highest BCUT2D eigenvalue weighted by molar-refractivity contribution is 5.81. The van der Waals surface area contributed by atoms with E-state index in [1.165, 1.54) is 16.7 Å². The molecule has 0 aliphatic rings. The van der Waals surface area contributed by atoms with Gasteiger partial charge in [0.15, 0.2) is 0 Å². The fraction of sp³-hybridized carbons (Fsp3) is 0.235. The lowest BCUT2D eigenvalue weighted by molar-refractivity contribution is 0.317. The highest BCUT2D eigenvalue weighted by Crippen LogP contribution is 2.29. The van der Waals surface area contributed by atoms with Crippen molar-refractivity contribution < 1.29 is 5.21 Å². The van der Waals surface area contributed by atoms with E-state index in [2.05, 4.69) is 66.8 Å². The van der Waals surface area contributed by atoms with Crippen LogP contribution in [-0.4, -0.2) is 17.6 Å². The molecule has 2 aromatic rings. The van der Waals surface area contributed by atoms with Gasteiger partial charge in [-0.05, 0) is 31.0 Å². The van der Waals surface area contributed by atoms with E-state index < -0.39 is 0 Å². The molecule has 0 atom stereocenters. The molecule has 4 N–H and O–H groups in total. The third kappa shape index (κ3) is 3.99. The average Bonchev–Trinajstić information content (AvgIpc) is 2.48. The summed E-state index contributed by atoms with van der Waals surface area (Å²) in [5.41, 5.74) is 11.3. The summed E-state index contributed by atoms with van der Waals surface area (Å²) < 4.78 is 0. The lowest BCUT2D eigenvalue weighted by atomic mass is 10.0. The first-order chi connectivity index (χ1) is 10.1. The number of aryl methyl sites for hydroxylation is 2. The first-order valence-corrected chi connectivity index (χ1v) is 6.98. The SMILES string of the molecule is Cc1ccc(-c2ccc(C)cc2NCC/C(N)=N/O)cc1. The number of nitrogens with zero attached hydrogens (tertiary/aromatic N) is 1. The molecule has 0 saturated carbocycles. The van der Waals surface area contributed by atoms with Gasteiger partial charge in [0, 0.05) is 24.2 Å². The van der Waals surface area contributed by atoms with E-state index >= 15 is 0 Å². The van der Waals surface area contributed by atoms with Crippen molar-refractivity contribution in [3.05, 3.63) is 53.6 Å². The molecule has 0 radical (unpaired) electrons. The Kier molecular flexibility index (Phi) is 4.82. The van der Waals surface area contributed by atoms with Gasteiger partial charge in [0.05, 0.1) is 0 Å². The first-order valence-electron chi connectivity index (χ1n) is 6.98. The largest absolute Gasteiger partial charge is 0.409 e. The molecular weight excluding hydrogens is 262 g/mol. The molecule has 0 unspecified atom stereocenters. The molecule has 0 aliphatic carbocycles. The maximum atomic E-state index is 8.57. The van der Waals surface area contributed by atoms with Crippen LogP contribution in [0.2, 0.25) is 0 Å². The smallest absolute Gasteiger partial charge is 0.140 e. The second-order valence-electron chi connectivity index (χ2n) is 5.18. The van der Waals surface area contributed by atoms with Crippen LogP contribution in [0.4, 0.5) is 5.69 Å². The number of nitrogens with one attached hydrogen (secondary N) is 1. The van der Waals surface area contributed by atoms with E-state index in [4.69, 9.17) is 10.9 Å². The second kappa shape index (κ2) is 6.79. The van der Waals surface area contributed by atoms with E-state index in [1.54, 1.807) is 0 Å². The van der Waals surface area contributed by atoms with Gasteiger partial charge in [-0.15, -0.1) is 0 Å². The Morgan fingerprint density at radius 1 is 1.10 bits per heavy atom. The van der Waals surface area contributed by atoms with Crippen molar-refractivity contribution in [2.24, 2.45) is 10.9 Å². The van der Waals surface area contributed by atoms with Gasteiger partial charge in [-0.1, -0.05) is 47.1 Å². The van der Waals surface area contributed by atoms with Crippen molar-refractivity contribution in [2.75, 3.05) is 11.9 Å². The number of amidine groups is 1. The maximum absolute atomic E-state index is 8.57. The quantitative estimate of drug-likeness (QED) is 0.340. The number of hydrogen-bond acceptors (Lipinski definition) is 3. The fourth-order valence-electron chi connectivity index (χ4n) is 2.16.